The van der Waals surface area contributed by atoms with E-state index in [0.29, 0.717) is 23.7 Å². The molecule has 28 heavy (non-hydrogen) atoms. The minimum absolute atomic E-state index is 0.313. The number of rotatable bonds is 8. The molecule has 0 spiro atoms. The SMILES string of the molecule is CCNC(=NCc1ccnc(OC2CCCC2)c1)NCCc1ccc(Cl)nc1. The molecule has 2 heterocycles. The third-order valence-corrected chi connectivity index (χ3v) is 4.87. The molecule has 2 aromatic heterocycles. The number of halogens is 1. The van der Waals surface area contributed by atoms with Crippen molar-refractivity contribution in [1.29, 1.82) is 0 Å². The Bertz CT molecular complexity index is 760. The molecule has 1 aliphatic rings. The van der Waals surface area contributed by atoms with Crippen molar-refractivity contribution in [3.63, 3.8) is 0 Å². The normalized spacial score (nSPS) is 14.9. The van der Waals surface area contributed by atoms with Crippen molar-refractivity contribution in [3.05, 3.63) is 52.9 Å². The molecule has 150 valence electrons. The van der Waals surface area contributed by atoms with Gasteiger partial charge in [0.05, 0.1) is 6.54 Å². The first-order chi connectivity index (χ1) is 13.7. The number of ether oxygens (including phenoxy) is 1. The maximum atomic E-state index is 5.99. The summed E-state index contributed by atoms with van der Waals surface area (Å²) in [6.07, 6.45) is 9.51. The van der Waals surface area contributed by atoms with Crippen molar-refractivity contribution in [2.75, 3.05) is 13.1 Å². The molecule has 1 saturated carbocycles. The third-order valence-electron chi connectivity index (χ3n) is 4.65. The molecule has 0 amide bonds. The van der Waals surface area contributed by atoms with Crippen LogP contribution < -0.4 is 15.4 Å². The van der Waals surface area contributed by atoms with E-state index in [9.17, 15) is 0 Å². The number of nitrogens with one attached hydrogen (secondary N) is 2. The average Bonchev–Trinajstić information content (AvgIpc) is 3.21. The molecule has 2 aromatic rings. The molecule has 3 rings (SSSR count). The van der Waals surface area contributed by atoms with Crippen LogP contribution in [0.5, 0.6) is 5.88 Å². The summed E-state index contributed by atoms with van der Waals surface area (Å²) in [6, 6.07) is 7.77. The summed E-state index contributed by atoms with van der Waals surface area (Å²) in [5, 5.41) is 7.15. The highest BCUT2D eigenvalue weighted by molar-refractivity contribution is 6.29. The Morgan fingerprint density at radius 1 is 1.18 bits per heavy atom. The van der Waals surface area contributed by atoms with E-state index >= 15 is 0 Å². The van der Waals surface area contributed by atoms with Crippen LogP contribution in [0.25, 0.3) is 0 Å². The van der Waals surface area contributed by atoms with Crippen LogP contribution in [-0.2, 0) is 13.0 Å². The first kappa shape index (κ1) is 20.4. The Morgan fingerprint density at radius 3 is 2.79 bits per heavy atom. The van der Waals surface area contributed by atoms with Crippen molar-refractivity contribution >= 4 is 17.6 Å². The van der Waals surface area contributed by atoms with Gasteiger partial charge in [-0.05, 0) is 62.3 Å². The first-order valence-corrected chi connectivity index (χ1v) is 10.3. The van der Waals surface area contributed by atoms with Crippen LogP contribution in [0.3, 0.4) is 0 Å². The van der Waals surface area contributed by atoms with Crippen molar-refractivity contribution in [2.45, 2.75) is 51.7 Å². The van der Waals surface area contributed by atoms with Crippen LogP contribution in [0.15, 0.2) is 41.7 Å². The topological polar surface area (TPSA) is 71.4 Å². The minimum atomic E-state index is 0.313. The van der Waals surface area contributed by atoms with Gasteiger partial charge >= 0.3 is 0 Å². The van der Waals surface area contributed by atoms with E-state index in [1.165, 1.54) is 12.8 Å². The molecule has 0 aromatic carbocycles. The fourth-order valence-electron chi connectivity index (χ4n) is 3.18. The fraction of sp³-hybridized carbons (Fsp3) is 0.476. The molecule has 0 unspecified atom stereocenters. The molecule has 0 radical (unpaired) electrons. The molecule has 7 heteroatoms. The molecule has 0 aliphatic heterocycles. The minimum Gasteiger partial charge on any atom is -0.474 e. The molecule has 0 saturated heterocycles. The summed E-state index contributed by atoms with van der Waals surface area (Å²) in [5.41, 5.74) is 2.22. The first-order valence-electron chi connectivity index (χ1n) is 9.97. The Labute approximate surface area is 171 Å². The smallest absolute Gasteiger partial charge is 0.213 e. The maximum Gasteiger partial charge on any atom is 0.213 e. The standard InChI is InChI=1S/C21H28ClN5O/c1-2-23-21(25-12-9-16-7-8-19(22)26-14-16)27-15-17-10-11-24-20(13-17)28-18-5-3-4-6-18/h7-8,10-11,13-14,18H,2-6,9,12,15H2,1H3,(H2,23,25,27). The molecule has 6 nitrogen and oxygen atoms in total. The second-order valence-corrected chi connectivity index (χ2v) is 7.28. The second kappa shape index (κ2) is 10.9. The number of nitrogens with zero attached hydrogens (tertiary/aromatic N) is 3. The quantitative estimate of drug-likeness (QED) is 0.400. The van der Waals surface area contributed by atoms with Gasteiger partial charge in [-0.2, -0.15) is 0 Å². The van der Waals surface area contributed by atoms with Gasteiger partial charge in [0.25, 0.3) is 0 Å². The molecule has 2 N–H and O–H groups in total. The van der Waals surface area contributed by atoms with Crippen LogP contribution in [0, 0.1) is 0 Å². The molecule has 0 atom stereocenters. The lowest BCUT2D eigenvalue weighted by Gasteiger charge is -2.13. The van der Waals surface area contributed by atoms with E-state index in [1.54, 1.807) is 12.4 Å². The van der Waals surface area contributed by atoms with Gasteiger partial charge in [-0.3, -0.25) is 0 Å². The van der Waals surface area contributed by atoms with E-state index in [1.807, 2.05) is 24.3 Å². The van der Waals surface area contributed by atoms with E-state index < -0.39 is 0 Å². The Balaban J connectivity index is 1.52. The van der Waals surface area contributed by atoms with Crippen LogP contribution in [0.2, 0.25) is 5.15 Å². The van der Waals surface area contributed by atoms with E-state index in [2.05, 4.69) is 32.5 Å². The zero-order valence-electron chi connectivity index (χ0n) is 16.3. The summed E-state index contributed by atoms with van der Waals surface area (Å²) in [7, 11) is 0. The van der Waals surface area contributed by atoms with E-state index in [0.717, 1.165) is 49.4 Å². The van der Waals surface area contributed by atoms with Crippen LogP contribution in [0.4, 0.5) is 0 Å². The van der Waals surface area contributed by atoms with Gasteiger partial charge in [0.2, 0.25) is 5.88 Å². The Morgan fingerprint density at radius 2 is 2.04 bits per heavy atom. The van der Waals surface area contributed by atoms with E-state index in [-0.39, 0.29) is 0 Å². The van der Waals surface area contributed by atoms with Crippen molar-refractivity contribution in [3.8, 4) is 5.88 Å². The molecular formula is C21H28ClN5O. The summed E-state index contributed by atoms with van der Waals surface area (Å²) in [4.78, 5) is 13.1. The highest BCUT2D eigenvalue weighted by Gasteiger charge is 2.16. The van der Waals surface area contributed by atoms with Crippen molar-refractivity contribution in [2.24, 2.45) is 4.99 Å². The van der Waals surface area contributed by atoms with Gasteiger partial charge in [0.15, 0.2) is 5.96 Å². The number of aliphatic imine (C=N–C) groups is 1. The van der Waals surface area contributed by atoms with Gasteiger partial charge in [0, 0.05) is 31.5 Å². The highest BCUT2D eigenvalue weighted by Crippen LogP contribution is 2.23. The van der Waals surface area contributed by atoms with Gasteiger partial charge in [-0.1, -0.05) is 17.7 Å². The van der Waals surface area contributed by atoms with Crippen molar-refractivity contribution < 1.29 is 4.74 Å². The monoisotopic (exact) mass is 401 g/mol. The van der Waals surface area contributed by atoms with Gasteiger partial charge in [0.1, 0.15) is 11.3 Å². The third kappa shape index (κ3) is 6.68. The zero-order valence-corrected chi connectivity index (χ0v) is 17.1. The predicted molar refractivity (Wildman–Crippen MR) is 113 cm³/mol. The largest absolute Gasteiger partial charge is 0.474 e. The number of pyridine rings is 2. The van der Waals surface area contributed by atoms with Crippen molar-refractivity contribution in [1.82, 2.24) is 20.6 Å². The van der Waals surface area contributed by atoms with E-state index in [4.69, 9.17) is 16.3 Å². The highest BCUT2D eigenvalue weighted by atomic mass is 35.5. The number of guanidine groups is 1. The molecule has 1 aliphatic carbocycles. The number of hydrogen-bond donors (Lipinski definition) is 2. The average molecular weight is 402 g/mol. The lowest BCUT2D eigenvalue weighted by atomic mass is 10.2. The second-order valence-electron chi connectivity index (χ2n) is 6.89. The van der Waals surface area contributed by atoms with Gasteiger partial charge in [-0.25, -0.2) is 15.0 Å². The van der Waals surface area contributed by atoms with Gasteiger partial charge < -0.3 is 15.4 Å². The van der Waals surface area contributed by atoms with Crippen LogP contribution in [-0.4, -0.2) is 35.1 Å². The zero-order chi connectivity index (χ0) is 19.6. The summed E-state index contributed by atoms with van der Waals surface area (Å²) >= 11 is 5.83. The summed E-state index contributed by atoms with van der Waals surface area (Å²) in [5.74, 6) is 1.49. The maximum absolute atomic E-state index is 5.99. The molecule has 1 fully saturated rings. The predicted octanol–water partition coefficient (Wildman–Crippen LogP) is 3.75. The Hall–Kier alpha value is -2.34. The van der Waals surface area contributed by atoms with Gasteiger partial charge in [-0.15, -0.1) is 0 Å². The van der Waals surface area contributed by atoms with Crippen LogP contribution in [0.1, 0.15) is 43.7 Å². The molecule has 0 bridgehead atoms. The Kier molecular flexibility index (Phi) is 7.91. The number of hydrogen-bond acceptors (Lipinski definition) is 4. The summed E-state index contributed by atoms with van der Waals surface area (Å²) < 4.78 is 5.99. The van der Waals surface area contributed by atoms with Crippen LogP contribution >= 0.6 is 11.6 Å². The molecular weight excluding hydrogens is 374 g/mol. The fourth-order valence-corrected chi connectivity index (χ4v) is 3.29. The lowest BCUT2D eigenvalue weighted by Crippen LogP contribution is -2.38. The summed E-state index contributed by atoms with van der Waals surface area (Å²) in [6.45, 7) is 4.20. The number of aromatic nitrogens is 2. The lowest BCUT2D eigenvalue weighted by molar-refractivity contribution is 0.201.